The monoisotopic (exact) mass is 418 g/mol. The van der Waals surface area contributed by atoms with Crippen molar-refractivity contribution in [3.05, 3.63) is 84.8 Å². The predicted octanol–water partition coefficient (Wildman–Crippen LogP) is 5.01. The quantitative estimate of drug-likeness (QED) is 0.248. The highest BCUT2D eigenvalue weighted by atomic mass is 32.2. The molecule has 1 amide bonds. The molecular weight excluding hydrogens is 400 g/mol. The SMILES string of the molecule is CSc1nc(NNC(=O)c2ccco2)cc(Oc2ccc(-c3ccccc3)cc2)n1. The van der Waals surface area contributed by atoms with Crippen LogP contribution in [0, 0.1) is 0 Å². The van der Waals surface area contributed by atoms with Gasteiger partial charge in [-0.05, 0) is 41.6 Å². The largest absolute Gasteiger partial charge is 0.459 e. The molecule has 2 aromatic heterocycles. The van der Waals surface area contributed by atoms with E-state index in [1.807, 2.05) is 48.7 Å². The Morgan fingerprint density at radius 2 is 1.73 bits per heavy atom. The first-order valence-corrected chi connectivity index (χ1v) is 10.3. The maximum absolute atomic E-state index is 12.0. The molecule has 0 saturated carbocycles. The van der Waals surface area contributed by atoms with Gasteiger partial charge in [0.25, 0.3) is 0 Å². The van der Waals surface area contributed by atoms with Gasteiger partial charge in [-0.2, -0.15) is 4.98 Å². The zero-order valence-electron chi connectivity index (χ0n) is 16.0. The number of rotatable bonds is 7. The predicted molar refractivity (Wildman–Crippen MR) is 116 cm³/mol. The Bertz CT molecular complexity index is 1120. The van der Waals surface area contributed by atoms with Crippen LogP contribution in [0.25, 0.3) is 11.1 Å². The standard InChI is InChI=1S/C22H18N4O3S/c1-30-22-23-19(25-26-21(27)18-8-5-13-28-18)14-20(24-22)29-17-11-9-16(10-12-17)15-6-3-2-4-7-15/h2-14H,1H3,(H,26,27)(H,23,24,25). The lowest BCUT2D eigenvalue weighted by molar-refractivity contribution is 0.0935. The van der Waals surface area contributed by atoms with Crippen LogP contribution in [0.1, 0.15) is 10.6 Å². The molecule has 2 heterocycles. The summed E-state index contributed by atoms with van der Waals surface area (Å²) >= 11 is 1.37. The number of nitrogens with zero attached hydrogens (tertiary/aromatic N) is 2. The third kappa shape index (κ3) is 4.79. The summed E-state index contributed by atoms with van der Waals surface area (Å²) in [5, 5.41) is 0.503. The van der Waals surface area contributed by atoms with Gasteiger partial charge in [0.15, 0.2) is 16.7 Å². The average Bonchev–Trinajstić information content (AvgIpc) is 3.33. The van der Waals surface area contributed by atoms with Gasteiger partial charge in [-0.1, -0.05) is 54.2 Å². The first kappa shape index (κ1) is 19.5. The number of aromatic nitrogens is 2. The van der Waals surface area contributed by atoms with E-state index in [2.05, 4.69) is 33.0 Å². The number of amides is 1. The number of hydrogen-bond donors (Lipinski definition) is 2. The number of hydrazine groups is 1. The van der Waals surface area contributed by atoms with Crippen LogP contribution in [0.5, 0.6) is 11.6 Å². The van der Waals surface area contributed by atoms with Crippen LogP contribution in [-0.4, -0.2) is 22.1 Å². The van der Waals surface area contributed by atoms with Gasteiger partial charge >= 0.3 is 5.91 Å². The van der Waals surface area contributed by atoms with E-state index in [0.717, 1.165) is 11.1 Å². The highest BCUT2D eigenvalue weighted by Gasteiger charge is 2.10. The van der Waals surface area contributed by atoms with Crippen LogP contribution in [0.15, 0.2) is 88.6 Å². The number of ether oxygens (including phenoxy) is 1. The highest BCUT2D eigenvalue weighted by molar-refractivity contribution is 7.98. The first-order chi connectivity index (χ1) is 14.7. The molecule has 0 unspecified atom stereocenters. The van der Waals surface area contributed by atoms with Crippen LogP contribution in [-0.2, 0) is 0 Å². The van der Waals surface area contributed by atoms with Crippen molar-refractivity contribution in [1.82, 2.24) is 15.4 Å². The van der Waals surface area contributed by atoms with Crippen molar-refractivity contribution >= 4 is 23.5 Å². The third-order valence-electron chi connectivity index (χ3n) is 4.10. The summed E-state index contributed by atoms with van der Waals surface area (Å²) in [7, 11) is 0. The Morgan fingerprint density at radius 3 is 2.43 bits per heavy atom. The fourth-order valence-corrected chi connectivity index (χ4v) is 3.04. The molecule has 30 heavy (non-hydrogen) atoms. The second kappa shape index (κ2) is 9.15. The van der Waals surface area contributed by atoms with E-state index < -0.39 is 5.91 Å². The van der Waals surface area contributed by atoms with Crippen molar-refractivity contribution in [2.24, 2.45) is 0 Å². The van der Waals surface area contributed by atoms with E-state index in [-0.39, 0.29) is 5.76 Å². The van der Waals surface area contributed by atoms with E-state index in [0.29, 0.717) is 22.6 Å². The first-order valence-electron chi connectivity index (χ1n) is 9.07. The summed E-state index contributed by atoms with van der Waals surface area (Å²) in [4.78, 5) is 20.7. The zero-order chi connectivity index (χ0) is 20.8. The van der Waals surface area contributed by atoms with Gasteiger partial charge < -0.3 is 9.15 Å². The minimum absolute atomic E-state index is 0.191. The van der Waals surface area contributed by atoms with Crippen molar-refractivity contribution in [3.8, 4) is 22.8 Å². The minimum atomic E-state index is -0.414. The summed E-state index contributed by atoms with van der Waals surface area (Å²) in [6.45, 7) is 0. The molecule has 4 aromatic rings. The van der Waals surface area contributed by atoms with E-state index in [1.165, 1.54) is 18.0 Å². The van der Waals surface area contributed by atoms with Gasteiger partial charge in [0.2, 0.25) is 5.88 Å². The van der Waals surface area contributed by atoms with E-state index in [4.69, 9.17) is 9.15 Å². The molecule has 0 aliphatic carbocycles. The molecule has 0 fully saturated rings. The smallest absolute Gasteiger partial charge is 0.305 e. The van der Waals surface area contributed by atoms with Crippen LogP contribution < -0.4 is 15.6 Å². The molecule has 0 aliphatic rings. The van der Waals surface area contributed by atoms with E-state index >= 15 is 0 Å². The Hall–Kier alpha value is -3.78. The summed E-state index contributed by atoms with van der Waals surface area (Å²) < 4.78 is 11.0. The van der Waals surface area contributed by atoms with Crippen molar-refractivity contribution in [2.75, 3.05) is 11.7 Å². The summed E-state index contributed by atoms with van der Waals surface area (Å²) in [5.41, 5.74) is 7.52. The molecule has 0 bridgehead atoms. The summed E-state index contributed by atoms with van der Waals surface area (Å²) in [5.74, 6) is 1.17. The number of carbonyl (C=O) groups is 1. The number of anilines is 1. The Labute approximate surface area is 177 Å². The molecular formula is C22H18N4O3S. The molecule has 0 saturated heterocycles. The average molecular weight is 418 g/mol. The highest BCUT2D eigenvalue weighted by Crippen LogP contribution is 2.27. The Morgan fingerprint density at radius 1 is 0.967 bits per heavy atom. The van der Waals surface area contributed by atoms with Gasteiger partial charge in [-0.15, -0.1) is 0 Å². The van der Waals surface area contributed by atoms with Gasteiger partial charge in [0.05, 0.1) is 6.26 Å². The fraction of sp³-hybridized carbons (Fsp3) is 0.0455. The second-order valence-electron chi connectivity index (χ2n) is 6.13. The molecule has 0 spiro atoms. The molecule has 0 radical (unpaired) electrons. The van der Waals surface area contributed by atoms with Crippen molar-refractivity contribution in [2.45, 2.75) is 5.16 Å². The van der Waals surface area contributed by atoms with Gasteiger partial charge in [-0.25, -0.2) is 4.98 Å². The van der Waals surface area contributed by atoms with Gasteiger partial charge in [0.1, 0.15) is 5.75 Å². The van der Waals surface area contributed by atoms with Crippen molar-refractivity contribution in [1.29, 1.82) is 0 Å². The summed E-state index contributed by atoms with van der Waals surface area (Å²) in [6, 6.07) is 22.7. The maximum atomic E-state index is 12.0. The van der Waals surface area contributed by atoms with E-state index in [1.54, 1.807) is 18.2 Å². The number of thioether (sulfide) groups is 1. The molecule has 4 rings (SSSR count). The lowest BCUT2D eigenvalue weighted by Crippen LogP contribution is -2.29. The molecule has 0 atom stereocenters. The lowest BCUT2D eigenvalue weighted by atomic mass is 10.1. The number of nitrogens with one attached hydrogen (secondary N) is 2. The topological polar surface area (TPSA) is 89.3 Å². The number of carbonyl (C=O) groups excluding carboxylic acids is 1. The van der Waals surface area contributed by atoms with Crippen molar-refractivity contribution < 1.29 is 13.9 Å². The Kier molecular flexibility index (Phi) is 5.95. The fourth-order valence-electron chi connectivity index (χ4n) is 2.67. The zero-order valence-corrected chi connectivity index (χ0v) is 16.8. The van der Waals surface area contributed by atoms with Crippen LogP contribution in [0.3, 0.4) is 0 Å². The molecule has 7 nitrogen and oxygen atoms in total. The molecule has 2 aromatic carbocycles. The van der Waals surface area contributed by atoms with Gasteiger partial charge in [-0.3, -0.25) is 15.6 Å². The normalized spacial score (nSPS) is 10.4. The molecule has 0 aliphatic heterocycles. The van der Waals surface area contributed by atoms with Crippen LogP contribution in [0.2, 0.25) is 0 Å². The Balaban J connectivity index is 1.47. The third-order valence-corrected chi connectivity index (χ3v) is 4.65. The van der Waals surface area contributed by atoms with Gasteiger partial charge in [0, 0.05) is 6.07 Å². The van der Waals surface area contributed by atoms with Crippen LogP contribution in [0.4, 0.5) is 5.82 Å². The van der Waals surface area contributed by atoms with Crippen molar-refractivity contribution in [3.63, 3.8) is 0 Å². The number of furan rings is 1. The minimum Gasteiger partial charge on any atom is -0.459 e. The molecule has 8 heteroatoms. The molecule has 2 N–H and O–H groups in total. The van der Waals surface area contributed by atoms with Crippen LogP contribution >= 0.6 is 11.8 Å². The summed E-state index contributed by atoms with van der Waals surface area (Å²) in [6.07, 6.45) is 3.29. The second-order valence-corrected chi connectivity index (χ2v) is 6.90. The molecule has 150 valence electrons. The van der Waals surface area contributed by atoms with E-state index in [9.17, 15) is 4.79 Å². The maximum Gasteiger partial charge on any atom is 0.305 e. The number of hydrogen-bond acceptors (Lipinski definition) is 7. The number of benzene rings is 2. The lowest BCUT2D eigenvalue weighted by Gasteiger charge is -2.11.